The molecule has 0 saturated carbocycles. The van der Waals surface area contributed by atoms with Crippen LogP contribution in [0.3, 0.4) is 0 Å². The van der Waals surface area contributed by atoms with Crippen LogP contribution in [-0.2, 0) is 9.53 Å². The Morgan fingerprint density at radius 2 is 1.86 bits per heavy atom. The fourth-order valence-electron chi connectivity index (χ4n) is 2.17. The maximum atomic E-state index is 14.5. The third-order valence-electron chi connectivity index (χ3n) is 3.71. The first-order valence-corrected chi connectivity index (χ1v) is 8.60. The van der Waals surface area contributed by atoms with Crippen LogP contribution in [-0.4, -0.2) is 35.4 Å². The zero-order chi connectivity index (χ0) is 21.4. The fraction of sp³-hybridized carbons (Fsp3) is 0.444. The minimum Gasteiger partial charge on any atom is -0.506 e. The summed E-state index contributed by atoms with van der Waals surface area (Å²) in [4.78, 5) is 25.9. The fourth-order valence-corrected chi connectivity index (χ4v) is 2.17. The number of ether oxygens (including phenoxy) is 1. The predicted molar refractivity (Wildman–Crippen MR) is 96.8 cm³/mol. The number of esters is 1. The number of aliphatic hydroxyl groups excluding tert-OH is 1. The lowest BCUT2D eigenvalue weighted by Gasteiger charge is -2.11. The number of aliphatic imine (C=N–C) groups is 1. The smallest absolute Gasteiger partial charge is 0.343 e. The van der Waals surface area contributed by atoms with E-state index in [-0.39, 0.29) is 13.2 Å². The highest BCUT2D eigenvalue weighted by Gasteiger charge is 2.35. The highest BCUT2D eigenvalue weighted by atomic mass is 19.2. The van der Waals surface area contributed by atoms with Gasteiger partial charge in [0, 0.05) is 18.3 Å². The van der Waals surface area contributed by atoms with Gasteiger partial charge in [0.2, 0.25) is 5.82 Å². The van der Waals surface area contributed by atoms with E-state index in [1.807, 2.05) is 6.92 Å². The molecule has 0 aromatic heterocycles. The molecule has 0 bridgehead atoms. The van der Waals surface area contributed by atoms with Gasteiger partial charge in [-0.15, -0.1) is 0 Å². The van der Waals surface area contributed by atoms with Crippen LogP contribution in [0.1, 0.15) is 44.2 Å². The molecule has 154 valence electrons. The molecule has 0 fully saturated rings. The summed E-state index contributed by atoms with van der Waals surface area (Å²) in [5, 5.41) is 21.6. The molecule has 0 aliphatic carbocycles. The molecule has 0 aliphatic heterocycles. The number of carbonyl (C=O) groups excluding carboxylic acids is 1. The van der Waals surface area contributed by atoms with Gasteiger partial charge >= 0.3 is 11.7 Å². The second kappa shape index (κ2) is 10.4. The summed E-state index contributed by atoms with van der Waals surface area (Å²) >= 11 is 0. The Morgan fingerprint density at radius 1 is 1.21 bits per heavy atom. The van der Waals surface area contributed by atoms with Crippen molar-refractivity contribution in [2.24, 2.45) is 4.99 Å². The van der Waals surface area contributed by atoms with E-state index < -0.39 is 56.5 Å². The summed E-state index contributed by atoms with van der Waals surface area (Å²) in [6.07, 6.45) is 2.65. The quantitative estimate of drug-likeness (QED) is 0.0963. The van der Waals surface area contributed by atoms with Gasteiger partial charge in [-0.05, 0) is 19.8 Å². The zero-order valence-electron chi connectivity index (χ0n) is 15.7. The van der Waals surface area contributed by atoms with Crippen molar-refractivity contribution in [3.63, 3.8) is 0 Å². The Hall–Kier alpha value is -2.91. The van der Waals surface area contributed by atoms with E-state index in [0.29, 0.717) is 19.3 Å². The predicted octanol–water partition coefficient (Wildman–Crippen LogP) is 4.41. The molecule has 0 radical (unpaired) electrons. The minimum absolute atomic E-state index is 0.0187. The number of nitrogens with zero attached hydrogens (tertiary/aromatic N) is 2. The first kappa shape index (κ1) is 23.1. The average molecular weight is 402 g/mol. The Balaban J connectivity index is 3.71. The van der Waals surface area contributed by atoms with E-state index in [1.54, 1.807) is 6.92 Å². The first-order chi connectivity index (χ1) is 13.2. The van der Waals surface area contributed by atoms with Crippen LogP contribution >= 0.6 is 0 Å². The van der Waals surface area contributed by atoms with E-state index in [2.05, 4.69) is 4.99 Å². The summed E-state index contributed by atoms with van der Waals surface area (Å²) in [5.41, 5.74) is -4.45. The molecular formula is C18H21F3N2O5. The Kier molecular flexibility index (Phi) is 8.62. The summed E-state index contributed by atoms with van der Waals surface area (Å²) in [7, 11) is 0. The number of hydrogen-bond donors (Lipinski definition) is 1. The van der Waals surface area contributed by atoms with Gasteiger partial charge in [0.1, 0.15) is 22.7 Å². The van der Waals surface area contributed by atoms with Gasteiger partial charge in [0.25, 0.3) is 0 Å². The number of aliphatic hydroxyl groups is 1. The van der Waals surface area contributed by atoms with Gasteiger partial charge in [-0.25, -0.2) is 13.6 Å². The zero-order valence-corrected chi connectivity index (χ0v) is 15.7. The molecule has 0 unspecified atom stereocenters. The number of carbonyl (C=O) groups is 1. The normalized spacial score (nSPS) is 12.2. The summed E-state index contributed by atoms with van der Waals surface area (Å²) in [6.45, 7) is 4.69. The maximum Gasteiger partial charge on any atom is 0.343 e. The Morgan fingerprint density at radius 3 is 2.39 bits per heavy atom. The number of nitro benzene ring substituents is 1. The van der Waals surface area contributed by atoms with Gasteiger partial charge < -0.3 is 9.84 Å². The van der Waals surface area contributed by atoms with Crippen LogP contribution in [0.5, 0.6) is 0 Å². The SMILES string of the molecule is CCCCOC(=O)C(C=NCCC)=C(O)c1c(F)c(C)c(F)c(F)c1[N+](=O)[O-]. The van der Waals surface area contributed by atoms with Crippen LogP contribution in [0.25, 0.3) is 5.76 Å². The number of halogens is 3. The summed E-state index contributed by atoms with van der Waals surface area (Å²) in [5.74, 6) is -7.65. The van der Waals surface area contributed by atoms with Crippen LogP contribution < -0.4 is 0 Å². The van der Waals surface area contributed by atoms with E-state index in [1.165, 1.54) is 0 Å². The molecule has 0 atom stereocenters. The standard InChI is InChI=1S/C18H21F3N2O5/c1-4-6-8-28-18(25)11(9-22-7-5-2)17(24)12-13(19)10(3)14(20)15(21)16(12)23(26)27/h9,24H,4-8H2,1-3H3. The summed E-state index contributed by atoms with van der Waals surface area (Å²) < 4.78 is 47.3. The third kappa shape index (κ3) is 5.08. The van der Waals surface area contributed by atoms with E-state index in [0.717, 1.165) is 13.1 Å². The van der Waals surface area contributed by atoms with Crippen molar-refractivity contribution in [2.45, 2.75) is 40.0 Å². The number of unbranched alkanes of at least 4 members (excludes halogenated alkanes) is 1. The monoisotopic (exact) mass is 402 g/mol. The number of benzene rings is 1. The van der Waals surface area contributed by atoms with Gasteiger partial charge in [0.05, 0.1) is 11.5 Å². The van der Waals surface area contributed by atoms with Crippen molar-refractivity contribution in [1.29, 1.82) is 0 Å². The van der Waals surface area contributed by atoms with E-state index >= 15 is 0 Å². The van der Waals surface area contributed by atoms with Gasteiger partial charge in [-0.3, -0.25) is 15.1 Å². The largest absolute Gasteiger partial charge is 0.506 e. The molecule has 10 heteroatoms. The molecular weight excluding hydrogens is 381 g/mol. The molecule has 1 N–H and O–H groups in total. The minimum atomic E-state index is -1.95. The van der Waals surface area contributed by atoms with E-state index in [4.69, 9.17) is 4.74 Å². The second-order valence-electron chi connectivity index (χ2n) is 5.83. The molecule has 0 saturated heterocycles. The van der Waals surface area contributed by atoms with Crippen LogP contribution in [0, 0.1) is 34.5 Å². The lowest BCUT2D eigenvalue weighted by atomic mass is 10.0. The lowest BCUT2D eigenvalue weighted by molar-refractivity contribution is -0.388. The molecule has 0 aliphatic rings. The molecule has 7 nitrogen and oxygen atoms in total. The highest BCUT2D eigenvalue weighted by Crippen LogP contribution is 2.35. The highest BCUT2D eigenvalue weighted by molar-refractivity contribution is 6.15. The van der Waals surface area contributed by atoms with Crippen LogP contribution in [0.15, 0.2) is 10.6 Å². The molecule has 1 aromatic rings. The molecule has 0 spiro atoms. The molecule has 1 rings (SSSR count). The molecule has 0 heterocycles. The van der Waals surface area contributed by atoms with Crippen molar-refractivity contribution < 1.29 is 32.7 Å². The average Bonchev–Trinajstić information content (AvgIpc) is 2.65. The van der Waals surface area contributed by atoms with Crippen molar-refractivity contribution >= 4 is 23.6 Å². The number of nitro groups is 1. The molecule has 0 amide bonds. The Bertz CT molecular complexity index is 822. The maximum absolute atomic E-state index is 14.5. The number of rotatable bonds is 9. The summed E-state index contributed by atoms with van der Waals surface area (Å²) in [6, 6.07) is 0. The molecule has 28 heavy (non-hydrogen) atoms. The van der Waals surface area contributed by atoms with Crippen molar-refractivity contribution in [3.8, 4) is 0 Å². The van der Waals surface area contributed by atoms with Crippen LogP contribution in [0.2, 0.25) is 0 Å². The first-order valence-electron chi connectivity index (χ1n) is 8.60. The van der Waals surface area contributed by atoms with Crippen molar-refractivity contribution in [1.82, 2.24) is 0 Å². The van der Waals surface area contributed by atoms with Crippen molar-refractivity contribution in [3.05, 3.63) is 44.3 Å². The second-order valence-corrected chi connectivity index (χ2v) is 5.83. The van der Waals surface area contributed by atoms with E-state index in [9.17, 15) is 33.2 Å². The van der Waals surface area contributed by atoms with Crippen molar-refractivity contribution in [2.75, 3.05) is 13.2 Å². The van der Waals surface area contributed by atoms with Crippen LogP contribution in [0.4, 0.5) is 18.9 Å². The van der Waals surface area contributed by atoms with Gasteiger partial charge in [-0.2, -0.15) is 4.39 Å². The molecule has 1 aromatic carbocycles. The number of hydrogen-bond acceptors (Lipinski definition) is 6. The lowest BCUT2D eigenvalue weighted by Crippen LogP contribution is -2.15. The van der Waals surface area contributed by atoms with Gasteiger partial charge in [-0.1, -0.05) is 20.3 Å². The Labute approximate surface area is 159 Å². The van der Waals surface area contributed by atoms with Gasteiger partial charge in [0.15, 0.2) is 5.82 Å². The third-order valence-corrected chi connectivity index (χ3v) is 3.71. The topological polar surface area (TPSA) is 102 Å².